The lowest BCUT2D eigenvalue weighted by atomic mass is 9.98. The molecule has 1 aromatic heterocycles. The molecule has 23 heavy (non-hydrogen) atoms. The van der Waals surface area contributed by atoms with Crippen LogP contribution in [0.5, 0.6) is 0 Å². The van der Waals surface area contributed by atoms with Crippen LogP contribution in [0.3, 0.4) is 0 Å². The summed E-state index contributed by atoms with van der Waals surface area (Å²) in [5, 5.41) is 0. The molecule has 0 aromatic carbocycles. The van der Waals surface area contributed by atoms with Gasteiger partial charge < -0.3 is 9.15 Å². The van der Waals surface area contributed by atoms with Gasteiger partial charge in [0.05, 0.1) is 19.9 Å². The van der Waals surface area contributed by atoms with Gasteiger partial charge in [-0.2, -0.15) is 0 Å². The number of esters is 1. The Labute approximate surface area is 137 Å². The summed E-state index contributed by atoms with van der Waals surface area (Å²) >= 11 is 0. The van der Waals surface area contributed by atoms with Crippen LogP contribution in [0.2, 0.25) is 0 Å². The minimum atomic E-state index is -3.15. The first-order chi connectivity index (χ1) is 10.8. The van der Waals surface area contributed by atoms with Crippen molar-refractivity contribution in [3.8, 4) is 0 Å². The molecular weight excluding hydrogens is 320 g/mol. The predicted octanol–water partition coefficient (Wildman–Crippen LogP) is 1.14. The van der Waals surface area contributed by atoms with Gasteiger partial charge in [0.2, 0.25) is 15.8 Å². The molecule has 1 saturated heterocycles. The maximum Gasteiger partial charge on any atom is 0.374 e. The largest absolute Gasteiger partial charge is 0.463 e. The summed E-state index contributed by atoms with van der Waals surface area (Å²) < 4.78 is 35.2. The van der Waals surface area contributed by atoms with E-state index in [1.54, 1.807) is 0 Å². The molecule has 7 nitrogen and oxygen atoms in total. The van der Waals surface area contributed by atoms with Crippen molar-refractivity contribution in [3.05, 3.63) is 23.2 Å². The monoisotopic (exact) mass is 344 g/mol. The Morgan fingerprint density at radius 1 is 1.52 bits per heavy atom. The molecule has 0 unspecified atom stereocenters. The molecule has 1 aliphatic heterocycles. The van der Waals surface area contributed by atoms with Crippen LogP contribution in [0.1, 0.15) is 34.7 Å². The van der Waals surface area contributed by atoms with E-state index in [-0.39, 0.29) is 11.7 Å². The molecule has 1 fully saturated rings. The predicted molar refractivity (Wildman–Crippen MR) is 85.6 cm³/mol. The number of nitrogens with one attached hydrogen (secondary N) is 1. The van der Waals surface area contributed by atoms with E-state index in [2.05, 4.69) is 14.4 Å². The first kappa shape index (κ1) is 18.0. The van der Waals surface area contributed by atoms with E-state index in [1.165, 1.54) is 13.4 Å². The van der Waals surface area contributed by atoms with Gasteiger partial charge in [0.25, 0.3) is 0 Å². The third kappa shape index (κ3) is 5.33. The number of likely N-dealkylation sites (tertiary alicyclic amines) is 1. The van der Waals surface area contributed by atoms with E-state index in [1.807, 2.05) is 13.0 Å². The second-order valence-electron chi connectivity index (χ2n) is 6.08. The second-order valence-corrected chi connectivity index (χ2v) is 7.91. The molecule has 0 spiro atoms. The van der Waals surface area contributed by atoms with Gasteiger partial charge in [-0.1, -0.05) is 0 Å². The molecule has 130 valence electrons. The zero-order valence-corrected chi connectivity index (χ0v) is 14.6. The smallest absolute Gasteiger partial charge is 0.374 e. The molecule has 2 heterocycles. The summed E-state index contributed by atoms with van der Waals surface area (Å²) in [7, 11) is -1.83. The van der Waals surface area contributed by atoms with Crippen LogP contribution >= 0.6 is 0 Å². The lowest BCUT2D eigenvalue weighted by molar-refractivity contribution is 0.0558. The van der Waals surface area contributed by atoms with Crippen LogP contribution in [0.4, 0.5) is 0 Å². The number of carbonyl (C=O) groups excluding carboxylic acids is 1. The Kier molecular flexibility index (Phi) is 5.83. The summed E-state index contributed by atoms with van der Waals surface area (Å²) in [5.41, 5.74) is 0.763. The molecule has 1 N–H and O–H groups in total. The Balaban J connectivity index is 1.93. The summed E-state index contributed by atoms with van der Waals surface area (Å²) in [6.07, 6.45) is 3.19. The van der Waals surface area contributed by atoms with Crippen molar-refractivity contribution >= 4 is 16.0 Å². The molecule has 8 heteroatoms. The molecule has 1 aliphatic rings. The number of sulfonamides is 1. The zero-order chi connectivity index (χ0) is 17.0. The highest BCUT2D eigenvalue weighted by atomic mass is 32.2. The quantitative estimate of drug-likeness (QED) is 0.779. The summed E-state index contributed by atoms with van der Waals surface area (Å²) in [6, 6.07) is 1.85. The van der Waals surface area contributed by atoms with Crippen LogP contribution in [0.25, 0.3) is 0 Å². The Hall–Kier alpha value is -1.38. The van der Waals surface area contributed by atoms with Crippen molar-refractivity contribution in [2.24, 2.45) is 5.92 Å². The first-order valence-corrected chi connectivity index (χ1v) is 9.52. The molecule has 0 saturated carbocycles. The molecule has 1 aromatic rings. The van der Waals surface area contributed by atoms with Crippen molar-refractivity contribution in [1.29, 1.82) is 0 Å². The fourth-order valence-corrected chi connectivity index (χ4v) is 3.41. The molecule has 0 radical (unpaired) electrons. The SMILES string of the molecule is COC(=O)c1oc(CN2CCC[C@@H](CNS(C)(=O)=O)C2)cc1C. The van der Waals surface area contributed by atoms with E-state index in [0.29, 0.717) is 13.1 Å². The number of piperidine rings is 1. The number of methoxy groups -OCH3 is 1. The van der Waals surface area contributed by atoms with E-state index >= 15 is 0 Å². The number of nitrogens with zero attached hydrogens (tertiary/aromatic N) is 1. The van der Waals surface area contributed by atoms with Crippen molar-refractivity contribution in [1.82, 2.24) is 9.62 Å². The topological polar surface area (TPSA) is 88.8 Å². The maximum absolute atomic E-state index is 11.6. The van der Waals surface area contributed by atoms with Crippen molar-refractivity contribution in [2.75, 3.05) is 33.0 Å². The fourth-order valence-electron chi connectivity index (χ4n) is 2.87. The standard InChI is InChI=1S/C15H24N2O5S/c1-11-7-13(22-14(11)15(18)21-2)10-17-6-4-5-12(9-17)8-16-23(3,19)20/h7,12,16H,4-6,8-10H2,1-3H3/t12-/m0/s1. The Morgan fingerprint density at radius 3 is 2.91 bits per heavy atom. The number of aryl methyl sites for hydroxylation is 1. The maximum atomic E-state index is 11.6. The molecule has 1 atom stereocenters. The fraction of sp³-hybridized carbons (Fsp3) is 0.667. The van der Waals surface area contributed by atoms with Crippen LogP contribution in [0.15, 0.2) is 10.5 Å². The van der Waals surface area contributed by atoms with Crippen molar-refractivity contribution in [3.63, 3.8) is 0 Å². The van der Waals surface area contributed by atoms with Gasteiger partial charge >= 0.3 is 5.97 Å². The van der Waals surface area contributed by atoms with Gasteiger partial charge in [-0.3, -0.25) is 4.90 Å². The van der Waals surface area contributed by atoms with E-state index < -0.39 is 16.0 Å². The first-order valence-electron chi connectivity index (χ1n) is 7.63. The Morgan fingerprint density at radius 2 is 2.26 bits per heavy atom. The normalized spacial score (nSPS) is 19.7. The lowest BCUT2D eigenvalue weighted by Crippen LogP contribution is -2.40. The van der Waals surface area contributed by atoms with E-state index in [0.717, 1.165) is 37.3 Å². The molecule has 0 aliphatic carbocycles. The highest BCUT2D eigenvalue weighted by molar-refractivity contribution is 7.88. The third-order valence-electron chi connectivity index (χ3n) is 3.96. The van der Waals surface area contributed by atoms with Gasteiger partial charge in [-0.15, -0.1) is 0 Å². The molecule has 0 amide bonds. The summed E-state index contributed by atoms with van der Waals surface area (Å²) in [6.45, 7) is 4.61. The number of ether oxygens (including phenoxy) is 1. The van der Waals surface area contributed by atoms with E-state index in [4.69, 9.17) is 4.42 Å². The number of furan rings is 1. The highest BCUT2D eigenvalue weighted by Gasteiger charge is 2.23. The molecule has 2 rings (SSSR count). The van der Waals surface area contributed by atoms with Crippen LogP contribution in [-0.2, 0) is 21.3 Å². The summed E-state index contributed by atoms with van der Waals surface area (Å²) in [4.78, 5) is 13.8. The minimum absolute atomic E-state index is 0.245. The average molecular weight is 344 g/mol. The Bertz CT molecular complexity index is 653. The number of rotatable bonds is 6. The van der Waals surface area contributed by atoms with Gasteiger partial charge in [0, 0.05) is 18.7 Å². The van der Waals surface area contributed by atoms with Gasteiger partial charge in [-0.25, -0.2) is 17.9 Å². The number of hydrogen-bond donors (Lipinski definition) is 1. The second kappa shape index (κ2) is 7.46. The van der Waals surface area contributed by atoms with Gasteiger partial charge in [0.1, 0.15) is 5.76 Å². The third-order valence-corrected chi connectivity index (χ3v) is 4.65. The van der Waals surface area contributed by atoms with E-state index in [9.17, 15) is 13.2 Å². The van der Waals surface area contributed by atoms with Gasteiger partial charge in [0.15, 0.2) is 0 Å². The zero-order valence-electron chi connectivity index (χ0n) is 13.8. The van der Waals surface area contributed by atoms with Crippen LogP contribution < -0.4 is 4.72 Å². The molecular formula is C15H24N2O5S. The minimum Gasteiger partial charge on any atom is -0.463 e. The summed E-state index contributed by atoms with van der Waals surface area (Å²) in [5.74, 6) is 0.784. The average Bonchev–Trinajstić information content (AvgIpc) is 2.84. The highest BCUT2D eigenvalue weighted by Crippen LogP contribution is 2.21. The number of hydrogen-bond acceptors (Lipinski definition) is 6. The molecule has 0 bridgehead atoms. The van der Waals surface area contributed by atoms with Crippen molar-refractivity contribution < 1.29 is 22.4 Å². The van der Waals surface area contributed by atoms with Gasteiger partial charge in [-0.05, 0) is 38.3 Å². The lowest BCUT2D eigenvalue weighted by Gasteiger charge is -2.32. The van der Waals surface area contributed by atoms with Crippen LogP contribution in [0, 0.1) is 12.8 Å². The van der Waals surface area contributed by atoms with Crippen LogP contribution in [-0.4, -0.2) is 52.3 Å². The van der Waals surface area contributed by atoms with Crippen molar-refractivity contribution in [2.45, 2.75) is 26.3 Å². The number of carbonyl (C=O) groups is 1.